The Kier molecular flexibility index (Phi) is 3.17. The molecule has 4 nitrogen and oxygen atoms in total. The summed E-state index contributed by atoms with van der Waals surface area (Å²) in [5.74, 6) is 0.386. The molecule has 102 valence electrons. The van der Waals surface area contributed by atoms with Crippen molar-refractivity contribution >= 4 is 11.7 Å². The van der Waals surface area contributed by atoms with Gasteiger partial charge < -0.3 is 9.88 Å². The third-order valence-corrected chi connectivity index (χ3v) is 4.04. The predicted molar refractivity (Wildman–Crippen MR) is 72.2 cm³/mol. The number of hydrogen-bond acceptors (Lipinski definition) is 2. The molecule has 1 N–H and O–H groups in total. The number of amides is 1. The van der Waals surface area contributed by atoms with Crippen LogP contribution in [0.2, 0.25) is 0 Å². The number of rotatable bonds is 4. The molecular weight excluding hydrogens is 240 g/mol. The lowest BCUT2D eigenvalue weighted by Crippen LogP contribution is -2.26. The molecule has 19 heavy (non-hydrogen) atoms. The fourth-order valence-corrected chi connectivity index (χ4v) is 2.84. The topological polar surface area (TPSA) is 51.1 Å². The van der Waals surface area contributed by atoms with Crippen molar-refractivity contribution in [2.45, 2.75) is 58.0 Å². The molecule has 1 aromatic rings. The lowest BCUT2D eigenvalue weighted by molar-refractivity contribution is -0.121. The Morgan fingerprint density at radius 2 is 2.21 bits per heavy atom. The van der Waals surface area contributed by atoms with Crippen LogP contribution < -0.4 is 5.32 Å². The number of carbonyl (C=O) groups excluding carboxylic acids is 2. The van der Waals surface area contributed by atoms with Crippen molar-refractivity contribution in [3.05, 3.63) is 23.0 Å². The average Bonchev–Trinajstić information content (AvgIpc) is 3.11. The SMILES string of the molecule is Cc1cc2c(n1CCC(=O)NC1CC1)CCCC2=O. The van der Waals surface area contributed by atoms with E-state index >= 15 is 0 Å². The number of fused-ring (bicyclic) bond motifs is 1. The first kappa shape index (κ1) is 12.5. The summed E-state index contributed by atoms with van der Waals surface area (Å²) in [6.45, 7) is 2.71. The van der Waals surface area contributed by atoms with Crippen LogP contribution in [0.3, 0.4) is 0 Å². The number of ketones is 1. The highest BCUT2D eigenvalue weighted by atomic mass is 16.1. The second-order valence-corrected chi connectivity index (χ2v) is 5.67. The summed E-state index contributed by atoms with van der Waals surface area (Å²) in [5, 5.41) is 3.01. The number of nitrogens with one attached hydrogen (secondary N) is 1. The Hall–Kier alpha value is -1.58. The predicted octanol–water partition coefficient (Wildman–Crippen LogP) is 1.98. The molecule has 0 aromatic carbocycles. The zero-order valence-corrected chi connectivity index (χ0v) is 11.4. The van der Waals surface area contributed by atoms with E-state index < -0.39 is 0 Å². The summed E-state index contributed by atoms with van der Waals surface area (Å²) in [6, 6.07) is 2.41. The van der Waals surface area contributed by atoms with Crippen LogP contribution in [0.5, 0.6) is 0 Å². The molecule has 0 atom stereocenters. The minimum absolute atomic E-state index is 0.131. The molecule has 0 saturated heterocycles. The van der Waals surface area contributed by atoms with Crippen LogP contribution in [-0.4, -0.2) is 22.3 Å². The maximum atomic E-state index is 11.9. The minimum atomic E-state index is 0.131. The molecular formula is C15H20N2O2. The molecule has 1 heterocycles. The van der Waals surface area contributed by atoms with Gasteiger partial charge in [0, 0.05) is 42.4 Å². The number of Topliss-reactive ketones (excluding diaryl/α,β-unsaturated/α-hetero) is 1. The van der Waals surface area contributed by atoms with Gasteiger partial charge in [-0.15, -0.1) is 0 Å². The normalized spacial score (nSPS) is 18.3. The number of hydrogen-bond donors (Lipinski definition) is 1. The Balaban J connectivity index is 1.70. The van der Waals surface area contributed by atoms with Crippen LogP contribution in [0.1, 0.15) is 53.8 Å². The summed E-state index contributed by atoms with van der Waals surface area (Å²) in [4.78, 5) is 23.6. The van der Waals surface area contributed by atoms with Crippen molar-refractivity contribution < 1.29 is 9.59 Å². The second kappa shape index (κ2) is 4.83. The third-order valence-electron chi connectivity index (χ3n) is 4.04. The van der Waals surface area contributed by atoms with Crippen LogP contribution in [0.15, 0.2) is 6.07 Å². The third kappa shape index (κ3) is 2.57. The van der Waals surface area contributed by atoms with Crippen LogP contribution in [0.25, 0.3) is 0 Å². The minimum Gasteiger partial charge on any atom is -0.353 e. The van der Waals surface area contributed by atoms with E-state index in [2.05, 4.69) is 9.88 Å². The van der Waals surface area contributed by atoms with Crippen LogP contribution in [0, 0.1) is 6.92 Å². The summed E-state index contributed by atoms with van der Waals surface area (Å²) in [7, 11) is 0. The first-order valence-electron chi connectivity index (χ1n) is 7.16. The van der Waals surface area contributed by atoms with E-state index in [1.807, 2.05) is 13.0 Å². The fraction of sp³-hybridized carbons (Fsp3) is 0.600. The first-order chi connectivity index (χ1) is 9.15. The lowest BCUT2D eigenvalue weighted by atomic mass is 9.96. The van der Waals surface area contributed by atoms with Gasteiger partial charge in [0.05, 0.1) is 0 Å². The monoisotopic (exact) mass is 260 g/mol. The van der Waals surface area contributed by atoms with E-state index in [0.717, 1.165) is 42.6 Å². The number of nitrogens with zero attached hydrogens (tertiary/aromatic N) is 1. The molecule has 0 spiro atoms. The van der Waals surface area contributed by atoms with Crippen molar-refractivity contribution in [2.75, 3.05) is 0 Å². The average molecular weight is 260 g/mol. The van der Waals surface area contributed by atoms with Crippen molar-refractivity contribution in [3.8, 4) is 0 Å². The van der Waals surface area contributed by atoms with E-state index in [1.54, 1.807) is 0 Å². The highest BCUT2D eigenvalue weighted by Gasteiger charge is 2.24. The van der Waals surface area contributed by atoms with Gasteiger partial charge in [0.25, 0.3) is 0 Å². The van der Waals surface area contributed by atoms with Crippen LogP contribution in [-0.2, 0) is 17.8 Å². The maximum Gasteiger partial charge on any atom is 0.222 e. The Morgan fingerprint density at radius 3 is 2.95 bits per heavy atom. The van der Waals surface area contributed by atoms with Crippen molar-refractivity contribution in [2.24, 2.45) is 0 Å². The quantitative estimate of drug-likeness (QED) is 0.900. The fourth-order valence-electron chi connectivity index (χ4n) is 2.84. The maximum absolute atomic E-state index is 11.9. The highest BCUT2D eigenvalue weighted by Crippen LogP contribution is 2.25. The molecule has 3 rings (SSSR count). The zero-order chi connectivity index (χ0) is 13.4. The molecule has 2 aliphatic rings. The van der Waals surface area contributed by atoms with Gasteiger partial charge in [-0.2, -0.15) is 0 Å². The van der Waals surface area contributed by atoms with Crippen LogP contribution in [0.4, 0.5) is 0 Å². The van der Waals surface area contributed by atoms with E-state index in [4.69, 9.17) is 0 Å². The highest BCUT2D eigenvalue weighted by molar-refractivity contribution is 5.98. The number of aryl methyl sites for hydroxylation is 1. The molecule has 1 amide bonds. The molecule has 0 unspecified atom stereocenters. The lowest BCUT2D eigenvalue weighted by Gasteiger charge is -2.15. The Morgan fingerprint density at radius 1 is 1.42 bits per heavy atom. The molecule has 0 aliphatic heterocycles. The van der Waals surface area contributed by atoms with Gasteiger partial charge in [-0.05, 0) is 38.7 Å². The Bertz CT molecular complexity index is 526. The standard InChI is InChI=1S/C15H20N2O2/c1-10-9-12-13(3-2-4-14(12)18)17(10)8-7-15(19)16-11-5-6-11/h9,11H,2-8H2,1H3,(H,16,19). The van der Waals surface area contributed by atoms with E-state index in [1.165, 1.54) is 0 Å². The second-order valence-electron chi connectivity index (χ2n) is 5.67. The van der Waals surface area contributed by atoms with Crippen molar-refractivity contribution in [1.29, 1.82) is 0 Å². The van der Waals surface area contributed by atoms with Gasteiger partial charge in [0.2, 0.25) is 5.91 Å². The molecule has 0 bridgehead atoms. The van der Waals surface area contributed by atoms with E-state index in [-0.39, 0.29) is 11.7 Å². The van der Waals surface area contributed by atoms with Crippen LogP contribution >= 0.6 is 0 Å². The summed E-state index contributed by atoms with van der Waals surface area (Å²) < 4.78 is 2.15. The molecule has 0 radical (unpaired) electrons. The van der Waals surface area contributed by atoms with Gasteiger partial charge >= 0.3 is 0 Å². The summed E-state index contributed by atoms with van der Waals surface area (Å²) in [6.07, 6.45) is 5.31. The molecule has 4 heteroatoms. The van der Waals surface area contributed by atoms with Gasteiger partial charge in [-0.3, -0.25) is 9.59 Å². The Labute approximate surface area is 113 Å². The van der Waals surface area contributed by atoms with Gasteiger partial charge in [0.15, 0.2) is 5.78 Å². The van der Waals surface area contributed by atoms with Gasteiger partial charge in [0.1, 0.15) is 0 Å². The van der Waals surface area contributed by atoms with E-state index in [0.29, 0.717) is 25.4 Å². The van der Waals surface area contributed by atoms with Crippen molar-refractivity contribution in [3.63, 3.8) is 0 Å². The molecule has 1 aromatic heterocycles. The molecule has 2 aliphatic carbocycles. The van der Waals surface area contributed by atoms with E-state index in [9.17, 15) is 9.59 Å². The van der Waals surface area contributed by atoms with Crippen molar-refractivity contribution in [1.82, 2.24) is 9.88 Å². The first-order valence-corrected chi connectivity index (χ1v) is 7.16. The molecule has 1 fully saturated rings. The summed E-state index contributed by atoms with van der Waals surface area (Å²) in [5.41, 5.74) is 3.11. The van der Waals surface area contributed by atoms with Gasteiger partial charge in [-0.25, -0.2) is 0 Å². The molecule has 1 saturated carbocycles. The zero-order valence-electron chi connectivity index (χ0n) is 11.4. The van der Waals surface area contributed by atoms with Gasteiger partial charge in [-0.1, -0.05) is 0 Å². The smallest absolute Gasteiger partial charge is 0.222 e. The largest absolute Gasteiger partial charge is 0.353 e. The number of carbonyl (C=O) groups is 2. The summed E-state index contributed by atoms with van der Waals surface area (Å²) >= 11 is 0. The number of aromatic nitrogens is 1.